The molecule has 140 valence electrons. The fraction of sp³-hybridized carbons (Fsp3) is 0.533. The predicted octanol–water partition coefficient (Wildman–Crippen LogP) is 1.25. The molecule has 0 N–H and O–H groups in total. The number of rotatable bonds is 4. The molecule has 0 radical (unpaired) electrons. The lowest BCUT2D eigenvalue weighted by atomic mass is 10.1. The molecule has 1 fully saturated rings. The highest BCUT2D eigenvalue weighted by Gasteiger charge is 2.37. The van der Waals surface area contributed by atoms with Gasteiger partial charge in [0.2, 0.25) is 15.9 Å². The van der Waals surface area contributed by atoms with Crippen molar-refractivity contribution in [3.63, 3.8) is 0 Å². The Bertz CT molecular complexity index is 729. The van der Waals surface area contributed by atoms with Crippen molar-refractivity contribution in [1.29, 1.82) is 0 Å². The van der Waals surface area contributed by atoms with Crippen LogP contribution in [0.15, 0.2) is 24.3 Å². The first kappa shape index (κ1) is 19.5. The van der Waals surface area contributed by atoms with Gasteiger partial charge in [0, 0.05) is 26.2 Å². The number of halogens is 3. The highest BCUT2D eigenvalue weighted by Crippen LogP contribution is 2.37. The lowest BCUT2D eigenvalue weighted by Gasteiger charge is -2.34. The molecule has 1 amide bonds. The number of hydrogen-bond acceptors (Lipinski definition) is 4. The number of piperazine rings is 1. The van der Waals surface area contributed by atoms with E-state index in [2.05, 4.69) is 0 Å². The first-order chi connectivity index (χ1) is 11.5. The molecule has 1 heterocycles. The normalized spacial score (nSPS) is 16.8. The molecule has 2 rings (SSSR count). The summed E-state index contributed by atoms with van der Waals surface area (Å²) < 4.78 is 64.3. The van der Waals surface area contributed by atoms with E-state index in [4.69, 9.17) is 0 Å². The zero-order valence-electron chi connectivity index (χ0n) is 14.0. The second kappa shape index (κ2) is 7.20. The smallest absolute Gasteiger partial charge is 0.339 e. The van der Waals surface area contributed by atoms with Crippen LogP contribution in [0, 0.1) is 0 Å². The average molecular weight is 379 g/mol. The van der Waals surface area contributed by atoms with Gasteiger partial charge in [0.1, 0.15) is 6.54 Å². The number of carbonyl (C=O) groups is 1. The van der Waals surface area contributed by atoms with Crippen LogP contribution in [0.3, 0.4) is 0 Å². The predicted molar refractivity (Wildman–Crippen MR) is 87.7 cm³/mol. The number of anilines is 1. The molecule has 0 saturated carbocycles. The van der Waals surface area contributed by atoms with Crippen molar-refractivity contribution in [2.24, 2.45) is 0 Å². The third kappa shape index (κ3) is 4.85. The maximum atomic E-state index is 13.2. The maximum absolute atomic E-state index is 13.2. The monoisotopic (exact) mass is 379 g/mol. The largest absolute Gasteiger partial charge is 0.418 e. The van der Waals surface area contributed by atoms with Gasteiger partial charge in [-0.25, -0.2) is 8.42 Å². The minimum absolute atomic E-state index is 0.411. The zero-order valence-corrected chi connectivity index (χ0v) is 14.8. The van der Waals surface area contributed by atoms with Crippen LogP contribution in [-0.2, 0) is 21.0 Å². The van der Waals surface area contributed by atoms with Crippen LogP contribution in [0.25, 0.3) is 0 Å². The molecule has 0 bridgehead atoms. The van der Waals surface area contributed by atoms with E-state index in [0.29, 0.717) is 30.5 Å². The van der Waals surface area contributed by atoms with Gasteiger partial charge in [0.15, 0.2) is 0 Å². The van der Waals surface area contributed by atoms with Crippen LogP contribution in [-0.4, -0.2) is 70.2 Å². The fourth-order valence-electron chi connectivity index (χ4n) is 2.59. The summed E-state index contributed by atoms with van der Waals surface area (Å²) in [7, 11) is -2.18. The Balaban J connectivity index is 2.32. The summed E-state index contributed by atoms with van der Waals surface area (Å²) in [5.41, 5.74) is -1.63. The molecule has 25 heavy (non-hydrogen) atoms. The van der Waals surface area contributed by atoms with Gasteiger partial charge >= 0.3 is 6.18 Å². The zero-order chi connectivity index (χ0) is 18.8. The summed E-state index contributed by atoms with van der Waals surface area (Å²) >= 11 is 0. The van der Waals surface area contributed by atoms with Gasteiger partial charge in [-0.2, -0.15) is 13.2 Å². The standard InChI is InChI=1S/C15H20F3N3O3S/c1-19-7-9-20(10-8-19)14(22)11-21(25(2,23)24)13-6-4-3-5-12(13)15(16,17)18/h3-6H,7-11H2,1-2H3. The Hall–Kier alpha value is -1.81. The molecule has 0 unspecified atom stereocenters. The van der Waals surface area contributed by atoms with Crippen LogP contribution in [0.4, 0.5) is 18.9 Å². The van der Waals surface area contributed by atoms with Gasteiger partial charge in [-0.05, 0) is 19.2 Å². The van der Waals surface area contributed by atoms with Crippen molar-refractivity contribution in [3.05, 3.63) is 29.8 Å². The molecule has 0 aromatic heterocycles. The number of sulfonamides is 1. The van der Waals surface area contributed by atoms with Gasteiger partial charge < -0.3 is 9.80 Å². The molecular formula is C15H20F3N3O3S. The van der Waals surface area contributed by atoms with Crippen molar-refractivity contribution >= 4 is 21.6 Å². The fourth-order valence-corrected chi connectivity index (χ4v) is 3.45. The van der Waals surface area contributed by atoms with Crippen LogP contribution in [0.1, 0.15) is 5.56 Å². The second-order valence-corrected chi connectivity index (χ2v) is 7.88. The van der Waals surface area contributed by atoms with E-state index in [1.165, 1.54) is 17.0 Å². The van der Waals surface area contributed by atoms with E-state index in [1.54, 1.807) is 0 Å². The molecule has 1 aliphatic heterocycles. The Morgan fingerprint density at radius 2 is 1.72 bits per heavy atom. The number of amides is 1. The minimum atomic E-state index is -4.73. The van der Waals surface area contributed by atoms with Gasteiger partial charge in [0.05, 0.1) is 17.5 Å². The first-order valence-electron chi connectivity index (χ1n) is 7.60. The second-order valence-electron chi connectivity index (χ2n) is 5.97. The Morgan fingerprint density at radius 3 is 2.24 bits per heavy atom. The van der Waals surface area contributed by atoms with Crippen LogP contribution >= 0.6 is 0 Å². The van der Waals surface area contributed by atoms with Crippen molar-refractivity contribution in [3.8, 4) is 0 Å². The van der Waals surface area contributed by atoms with E-state index in [-0.39, 0.29) is 0 Å². The van der Waals surface area contributed by atoms with Crippen molar-refractivity contribution < 1.29 is 26.4 Å². The van der Waals surface area contributed by atoms with Gasteiger partial charge in [-0.3, -0.25) is 9.10 Å². The van der Waals surface area contributed by atoms with Crippen LogP contribution in [0.5, 0.6) is 0 Å². The number of hydrogen-bond donors (Lipinski definition) is 0. The SMILES string of the molecule is CN1CCN(C(=O)CN(c2ccccc2C(F)(F)F)S(C)(=O)=O)CC1. The van der Waals surface area contributed by atoms with Crippen molar-refractivity contribution in [2.45, 2.75) is 6.18 Å². The molecule has 1 saturated heterocycles. The molecule has 1 aromatic rings. The molecule has 10 heteroatoms. The average Bonchev–Trinajstić information content (AvgIpc) is 2.51. The molecule has 1 aromatic carbocycles. The third-order valence-electron chi connectivity index (χ3n) is 4.01. The van der Waals surface area contributed by atoms with E-state index < -0.39 is 39.9 Å². The lowest BCUT2D eigenvalue weighted by molar-refractivity contribution is -0.137. The third-order valence-corrected chi connectivity index (χ3v) is 5.14. The van der Waals surface area contributed by atoms with Crippen molar-refractivity contribution in [2.75, 3.05) is 50.3 Å². The number of alkyl halides is 3. The van der Waals surface area contributed by atoms with E-state index >= 15 is 0 Å². The quantitative estimate of drug-likeness (QED) is 0.790. The summed E-state index contributed by atoms with van der Waals surface area (Å²) in [6.45, 7) is 1.42. The summed E-state index contributed by atoms with van der Waals surface area (Å²) in [6.07, 6.45) is -3.94. The van der Waals surface area contributed by atoms with E-state index in [0.717, 1.165) is 18.4 Å². The van der Waals surface area contributed by atoms with E-state index in [9.17, 15) is 26.4 Å². The highest BCUT2D eigenvalue weighted by molar-refractivity contribution is 7.92. The first-order valence-corrected chi connectivity index (χ1v) is 9.45. The van der Waals surface area contributed by atoms with Gasteiger partial charge in [0.25, 0.3) is 0 Å². The Kier molecular flexibility index (Phi) is 5.62. The maximum Gasteiger partial charge on any atom is 0.418 e. The van der Waals surface area contributed by atoms with Crippen molar-refractivity contribution in [1.82, 2.24) is 9.80 Å². The number of likely N-dealkylation sites (N-methyl/N-ethyl adjacent to an activating group) is 1. The van der Waals surface area contributed by atoms with E-state index in [1.807, 2.05) is 11.9 Å². The molecule has 6 nitrogen and oxygen atoms in total. The summed E-state index contributed by atoms with van der Waals surface area (Å²) in [5.74, 6) is -0.518. The number of para-hydroxylation sites is 1. The molecule has 0 aliphatic carbocycles. The Labute approximate surface area is 144 Å². The summed E-state index contributed by atoms with van der Waals surface area (Å²) in [6, 6.07) is 4.34. The summed E-state index contributed by atoms with van der Waals surface area (Å²) in [5, 5.41) is 0. The molecular weight excluding hydrogens is 359 g/mol. The molecule has 0 atom stereocenters. The highest BCUT2D eigenvalue weighted by atomic mass is 32.2. The van der Waals surface area contributed by atoms with Crippen LogP contribution in [0.2, 0.25) is 0 Å². The minimum Gasteiger partial charge on any atom is -0.339 e. The number of carbonyl (C=O) groups excluding carboxylic acids is 1. The number of benzene rings is 1. The van der Waals surface area contributed by atoms with Gasteiger partial charge in [-0.1, -0.05) is 12.1 Å². The number of nitrogens with zero attached hydrogens (tertiary/aromatic N) is 3. The van der Waals surface area contributed by atoms with Gasteiger partial charge in [-0.15, -0.1) is 0 Å². The summed E-state index contributed by atoms with van der Waals surface area (Å²) in [4.78, 5) is 15.9. The lowest BCUT2D eigenvalue weighted by Crippen LogP contribution is -2.51. The topological polar surface area (TPSA) is 60.9 Å². The molecule has 0 spiro atoms. The van der Waals surface area contributed by atoms with Crippen LogP contribution < -0.4 is 4.31 Å². The molecule has 1 aliphatic rings. The Morgan fingerprint density at radius 1 is 1.16 bits per heavy atom.